The Morgan fingerprint density at radius 2 is 1.77 bits per heavy atom. The van der Waals surface area contributed by atoms with Crippen molar-refractivity contribution in [3.8, 4) is 17.2 Å². The van der Waals surface area contributed by atoms with Crippen LogP contribution in [-0.4, -0.2) is 79.1 Å². The highest BCUT2D eigenvalue weighted by Gasteiger charge is 2.28. The summed E-state index contributed by atoms with van der Waals surface area (Å²) in [7, 11) is -1.48. The number of carbonyl (C=O) groups excluding carboxylic acids is 1. The number of anilines is 2. The number of nitro groups is 1. The number of nitro benzene ring substituents is 1. The summed E-state index contributed by atoms with van der Waals surface area (Å²) in [5.41, 5.74) is 3.50. The van der Waals surface area contributed by atoms with Crippen molar-refractivity contribution in [1.82, 2.24) is 5.43 Å². The predicted molar refractivity (Wildman–Crippen MR) is 164 cm³/mol. The van der Waals surface area contributed by atoms with Gasteiger partial charge in [0.15, 0.2) is 11.5 Å². The molecule has 1 aliphatic heterocycles. The molecule has 0 atom stereocenters. The van der Waals surface area contributed by atoms with Crippen LogP contribution in [0.15, 0.2) is 70.7 Å². The van der Waals surface area contributed by atoms with E-state index in [-0.39, 0.29) is 22.0 Å². The molecule has 1 N–H and O–H groups in total. The minimum atomic E-state index is -4.29. The molecule has 1 heterocycles. The van der Waals surface area contributed by atoms with Gasteiger partial charge in [-0.25, -0.2) is 13.8 Å². The third-order valence-electron chi connectivity index (χ3n) is 6.63. The molecule has 234 valence electrons. The van der Waals surface area contributed by atoms with Crippen molar-refractivity contribution in [2.45, 2.75) is 11.8 Å². The number of carbonyl (C=O) groups is 1. The molecule has 1 aliphatic rings. The number of amides is 1. The van der Waals surface area contributed by atoms with Crippen LogP contribution in [0.5, 0.6) is 17.2 Å². The number of hydrogen-bond acceptors (Lipinski definition) is 11. The van der Waals surface area contributed by atoms with Crippen LogP contribution in [0.25, 0.3) is 0 Å². The van der Waals surface area contributed by atoms with Gasteiger partial charge in [-0.15, -0.1) is 0 Å². The highest BCUT2D eigenvalue weighted by Crippen LogP contribution is 2.33. The molecular formula is C29H33N5O9S. The summed E-state index contributed by atoms with van der Waals surface area (Å²) in [6.45, 7) is 3.77. The van der Waals surface area contributed by atoms with Gasteiger partial charge in [0.1, 0.15) is 12.3 Å². The number of rotatable bonds is 13. The largest absolute Gasteiger partial charge is 0.494 e. The Morgan fingerprint density at radius 1 is 1.07 bits per heavy atom. The molecule has 4 rings (SSSR count). The lowest BCUT2D eigenvalue weighted by molar-refractivity contribution is -0.384. The Balaban J connectivity index is 1.61. The molecule has 0 aliphatic carbocycles. The van der Waals surface area contributed by atoms with Gasteiger partial charge in [0, 0.05) is 42.5 Å². The molecule has 1 fully saturated rings. The Labute approximate surface area is 255 Å². The van der Waals surface area contributed by atoms with Gasteiger partial charge in [-0.05, 0) is 49.4 Å². The standard InChI is InChI=1S/C29H33N5O9S/c1-4-43-24-8-5-22(6-9-24)33(44(38,39)25-10-12-27(40-2)28(18-25)41-3)20-29(35)31-30-19-21-17-23(34(36)37)7-11-26(21)32-13-15-42-16-14-32/h5-12,17-19H,4,13-16,20H2,1-3H3,(H,31,35)/b30-19-. The second kappa shape index (κ2) is 14.5. The predicted octanol–water partition coefficient (Wildman–Crippen LogP) is 3.19. The molecule has 3 aromatic carbocycles. The van der Waals surface area contributed by atoms with Crippen LogP contribution < -0.4 is 28.8 Å². The van der Waals surface area contributed by atoms with Gasteiger partial charge in [-0.3, -0.25) is 19.2 Å². The Kier molecular flexibility index (Phi) is 10.6. The summed E-state index contributed by atoms with van der Waals surface area (Å²) in [6, 6.07) is 14.7. The number of morpholine rings is 1. The highest BCUT2D eigenvalue weighted by molar-refractivity contribution is 7.92. The van der Waals surface area contributed by atoms with Crippen LogP contribution in [0, 0.1) is 10.1 Å². The monoisotopic (exact) mass is 627 g/mol. The van der Waals surface area contributed by atoms with Crippen LogP contribution in [-0.2, 0) is 19.6 Å². The average Bonchev–Trinajstić information content (AvgIpc) is 3.04. The molecule has 0 spiro atoms. The summed E-state index contributed by atoms with van der Waals surface area (Å²) in [5, 5.41) is 15.4. The number of hydrazone groups is 1. The first kappa shape index (κ1) is 32.0. The van der Waals surface area contributed by atoms with Crippen molar-refractivity contribution in [2.24, 2.45) is 5.10 Å². The van der Waals surface area contributed by atoms with E-state index >= 15 is 0 Å². The SMILES string of the molecule is CCOc1ccc(N(CC(=O)N/N=C\c2cc([N+](=O)[O-])ccc2N2CCOCC2)S(=O)(=O)c2ccc(OC)c(OC)c2)cc1. The van der Waals surface area contributed by atoms with Gasteiger partial charge < -0.3 is 23.8 Å². The van der Waals surface area contributed by atoms with Crippen LogP contribution in [0.4, 0.5) is 17.1 Å². The Bertz CT molecular complexity index is 1610. The Hall–Kier alpha value is -4.89. The number of hydrogen-bond donors (Lipinski definition) is 1. The zero-order chi connectivity index (χ0) is 31.7. The van der Waals surface area contributed by atoms with Gasteiger partial charge >= 0.3 is 0 Å². The molecule has 0 radical (unpaired) electrons. The number of ether oxygens (including phenoxy) is 4. The summed E-state index contributed by atoms with van der Waals surface area (Å²) in [6.07, 6.45) is 1.29. The molecule has 0 unspecified atom stereocenters. The molecule has 3 aromatic rings. The second-order valence-electron chi connectivity index (χ2n) is 9.35. The number of benzene rings is 3. The van der Waals surface area contributed by atoms with Crippen LogP contribution in [0.2, 0.25) is 0 Å². The number of nitrogens with zero attached hydrogens (tertiary/aromatic N) is 4. The van der Waals surface area contributed by atoms with Crippen molar-refractivity contribution in [1.29, 1.82) is 0 Å². The van der Waals surface area contributed by atoms with E-state index in [1.165, 1.54) is 62.9 Å². The second-order valence-corrected chi connectivity index (χ2v) is 11.2. The number of non-ortho nitro benzene ring substituents is 1. The van der Waals surface area contributed by atoms with E-state index < -0.39 is 27.4 Å². The van der Waals surface area contributed by atoms with E-state index in [0.717, 1.165) is 4.31 Å². The van der Waals surface area contributed by atoms with E-state index in [0.29, 0.717) is 55.7 Å². The topological polar surface area (TPSA) is 162 Å². The van der Waals surface area contributed by atoms with Gasteiger partial charge in [0.2, 0.25) is 0 Å². The molecule has 44 heavy (non-hydrogen) atoms. The van der Waals surface area contributed by atoms with Crippen LogP contribution in [0.1, 0.15) is 12.5 Å². The quantitative estimate of drug-likeness (QED) is 0.169. The maximum absolute atomic E-state index is 13.9. The van der Waals surface area contributed by atoms with Crippen molar-refractivity contribution >= 4 is 39.2 Å². The number of sulfonamides is 1. The number of methoxy groups -OCH3 is 2. The van der Waals surface area contributed by atoms with Crippen molar-refractivity contribution in [3.05, 3.63) is 76.3 Å². The third-order valence-corrected chi connectivity index (χ3v) is 8.40. The summed E-state index contributed by atoms with van der Waals surface area (Å²) in [5.74, 6) is 0.311. The molecule has 0 aromatic heterocycles. The average molecular weight is 628 g/mol. The lowest BCUT2D eigenvalue weighted by Gasteiger charge is -2.29. The summed E-state index contributed by atoms with van der Waals surface area (Å²) < 4.78 is 50.0. The van der Waals surface area contributed by atoms with Crippen LogP contribution >= 0.6 is 0 Å². The minimum absolute atomic E-state index is 0.132. The maximum atomic E-state index is 13.9. The number of nitrogens with one attached hydrogen (secondary N) is 1. The van der Waals surface area contributed by atoms with E-state index in [2.05, 4.69) is 10.5 Å². The van der Waals surface area contributed by atoms with E-state index in [4.69, 9.17) is 18.9 Å². The maximum Gasteiger partial charge on any atom is 0.270 e. The molecular weight excluding hydrogens is 594 g/mol. The van der Waals surface area contributed by atoms with Gasteiger partial charge in [0.25, 0.3) is 21.6 Å². The minimum Gasteiger partial charge on any atom is -0.494 e. The zero-order valence-electron chi connectivity index (χ0n) is 24.5. The fourth-order valence-electron chi connectivity index (χ4n) is 4.49. The van der Waals surface area contributed by atoms with E-state index in [9.17, 15) is 23.3 Å². The normalized spacial score (nSPS) is 13.4. The molecule has 15 heteroatoms. The molecule has 0 bridgehead atoms. The molecule has 1 amide bonds. The Morgan fingerprint density at radius 3 is 2.41 bits per heavy atom. The summed E-state index contributed by atoms with van der Waals surface area (Å²) >= 11 is 0. The van der Waals surface area contributed by atoms with E-state index in [1.54, 1.807) is 18.2 Å². The van der Waals surface area contributed by atoms with Crippen molar-refractivity contribution in [2.75, 3.05) is 62.9 Å². The molecule has 0 saturated carbocycles. The van der Waals surface area contributed by atoms with Crippen LogP contribution in [0.3, 0.4) is 0 Å². The van der Waals surface area contributed by atoms with Gasteiger partial charge in [-0.2, -0.15) is 5.10 Å². The highest BCUT2D eigenvalue weighted by atomic mass is 32.2. The third kappa shape index (κ3) is 7.54. The first-order valence-corrected chi connectivity index (χ1v) is 15.0. The fourth-order valence-corrected chi connectivity index (χ4v) is 5.92. The first-order chi connectivity index (χ1) is 21.2. The summed E-state index contributed by atoms with van der Waals surface area (Å²) in [4.78, 5) is 25.9. The lowest BCUT2D eigenvalue weighted by atomic mass is 10.1. The van der Waals surface area contributed by atoms with Gasteiger partial charge in [0.05, 0.1) is 55.8 Å². The van der Waals surface area contributed by atoms with E-state index in [1.807, 2.05) is 11.8 Å². The fraction of sp³-hybridized carbons (Fsp3) is 0.310. The van der Waals surface area contributed by atoms with Crippen molar-refractivity contribution in [3.63, 3.8) is 0 Å². The molecule has 1 saturated heterocycles. The zero-order valence-corrected chi connectivity index (χ0v) is 25.3. The molecule has 14 nitrogen and oxygen atoms in total. The van der Waals surface area contributed by atoms with Gasteiger partial charge in [-0.1, -0.05) is 0 Å². The smallest absolute Gasteiger partial charge is 0.270 e. The lowest BCUT2D eigenvalue weighted by Crippen LogP contribution is -2.39. The first-order valence-electron chi connectivity index (χ1n) is 13.6. The van der Waals surface area contributed by atoms with Crippen molar-refractivity contribution < 1.29 is 37.1 Å².